The van der Waals surface area contributed by atoms with Crippen molar-refractivity contribution >= 4 is 29.2 Å². The molecule has 1 aromatic carbocycles. The normalized spacial score (nSPS) is 11.2. The first-order valence-corrected chi connectivity index (χ1v) is 6.64. The van der Waals surface area contributed by atoms with Crippen molar-refractivity contribution in [1.82, 2.24) is 5.16 Å². The number of carbonyl (C=O) groups is 1. The average Bonchev–Trinajstić information content (AvgIpc) is 2.76. The second kappa shape index (κ2) is 5.65. The maximum atomic E-state index is 11.7. The summed E-state index contributed by atoms with van der Waals surface area (Å²) in [6.45, 7) is 5.35. The molecule has 2 rings (SSSR count). The Bertz CT molecular complexity index is 662. The molecule has 0 saturated heterocycles. The zero-order valence-corrected chi connectivity index (χ0v) is 12.7. The van der Waals surface area contributed by atoms with Crippen LogP contribution in [0.15, 0.2) is 28.8 Å². The number of ether oxygens (including phenoxy) is 1. The third-order valence-electron chi connectivity index (χ3n) is 2.42. The molecule has 2 aromatic rings. The quantitative estimate of drug-likeness (QED) is 0.877. The van der Waals surface area contributed by atoms with Crippen LogP contribution in [-0.2, 0) is 4.74 Å². The van der Waals surface area contributed by atoms with Crippen LogP contribution in [0, 0.1) is 0 Å². The van der Waals surface area contributed by atoms with E-state index in [1.54, 1.807) is 45.0 Å². The molecule has 0 aliphatic carbocycles. The smallest absolute Gasteiger partial charge is 0.412 e. The Kier molecular flexibility index (Phi) is 4.09. The summed E-state index contributed by atoms with van der Waals surface area (Å²) in [6.07, 6.45) is -0.568. The van der Waals surface area contributed by atoms with Gasteiger partial charge in [-0.1, -0.05) is 16.8 Å². The summed E-state index contributed by atoms with van der Waals surface area (Å²) in [4.78, 5) is 11.7. The largest absolute Gasteiger partial charge is 0.444 e. The van der Waals surface area contributed by atoms with Gasteiger partial charge < -0.3 is 15.0 Å². The second-order valence-corrected chi connectivity index (χ2v) is 5.84. The number of benzene rings is 1. The number of hydrogen-bond donors (Lipinski definition) is 2. The molecule has 0 fully saturated rings. The fourth-order valence-corrected chi connectivity index (χ4v) is 1.84. The van der Waals surface area contributed by atoms with Crippen molar-refractivity contribution in [2.45, 2.75) is 26.4 Å². The van der Waals surface area contributed by atoms with E-state index >= 15 is 0 Å². The van der Waals surface area contributed by atoms with Crippen LogP contribution < -0.4 is 11.1 Å². The Morgan fingerprint density at radius 1 is 1.38 bits per heavy atom. The highest BCUT2D eigenvalue weighted by atomic mass is 35.5. The molecule has 0 spiro atoms. The molecule has 1 heterocycles. The van der Waals surface area contributed by atoms with Crippen LogP contribution in [0.25, 0.3) is 11.3 Å². The molecule has 0 bridgehead atoms. The van der Waals surface area contributed by atoms with Gasteiger partial charge in [0, 0.05) is 11.6 Å². The average molecular weight is 310 g/mol. The van der Waals surface area contributed by atoms with Gasteiger partial charge in [0.1, 0.15) is 5.60 Å². The third-order valence-corrected chi connectivity index (χ3v) is 2.73. The summed E-state index contributed by atoms with van der Waals surface area (Å²) < 4.78 is 10.2. The molecule has 0 unspecified atom stereocenters. The Balaban J connectivity index is 2.15. The first-order valence-electron chi connectivity index (χ1n) is 6.27. The molecule has 7 heteroatoms. The topological polar surface area (TPSA) is 90.4 Å². The molecule has 6 nitrogen and oxygen atoms in total. The lowest BCUT2D eigenvalue weighted by Gasteiger charge is -2.20. The van der Waals surface area contributed by atoms with Crippen molar-refractivity contribution in [3.63, 3.8) is 0 Å². The Morgan fingerprint density at radius 2 is 2.10 bits per heavy atom. The minimum Gasteiger partial charge on any atom is -0.444 e. The number of carbonyl (C=O) groups excluding carboxylic acids is 1. The van der Waals surface area contributed by atoms with Crippen molar-refractivity contribution in [1.29, 1.82) is 0 Å². The van der Waals surface area contributed by atoms with Crippen molar-refractivity contribution in [3.8, 4) is 11.3 Å². The minimum absolute atomic E-state index is 0.289. The fraction of sp³-hybridized carbons (Fsp3) is 0.286. The van der Waals surface area contributed by atoms with E-state index < -0.39 is 11.7 Å². The number of rotatable bonds is 2. The number of hydrogen-bond acceptors (Lipinski definition) is 5. The van der Waals surface area contributed by atoms with E-state index in [1.165, 1.54) is 0 Å². The standard InChI is InChI=1S/C14H16ClN3O3/c1-14(2,3)20-13(19)17-10-5-4-8(6-9(10)15)11-7-12(16)18-21-11/h4-7H,1-3H3,(H2,16,18)(H,17,19). The third kappa shape index (κ3) is 4.13. The summed E-state index contributed by atoms with van der Waals surface area (Å²) in [5, 5.41) is 6.55. The van der Waals surface area contributed by atoms with E-state index in [0.717, 1.165) is 0 Å². The predicted octanol–water partition coefficient (Wildman–Crippen LogP) is 3.92. The lowest BCUT2D eigenvalue weighted by molar-refractivity contribution is 0.0636. The summed E-state index contributed by atoms with van der Waals surface area (Å²) in [5.41, 5.74) is 6.08. The molecule has 0 aliphatic rings. The lowest BCUT2D eigenvalue weighted by Crippen LogP contribution is -2.27. The molecule has 0 atom stereocenters. The molecule has 0 aliphatic heterocycles. The highest BCUT2D eigenvalue weighted by Crippen LogP contribution is 2.29. The second-order valence-electron chi connectivity index (χ2n) is 5.44. The van der Waals surface area contributed by atoms with E-state index in [2.05, 4.69) is 10.5 Å². The summed E-state index contributed by atoms with van der Waals surface area (Å²) in [6, 6.07) is 6.62. The summed E-state index contributed by atoms with van der Waals surface area (Å²) in [5.74, 6) is 0.787. The van der Waals surface area contributed by atoms with E-state index in [0.29, 0.717) is 22.0 Å². The van der Waals surface area contributed by atoms with Gasteiger partial charge in [-0.25, -0.2) is 4.79 Å². The Morgan fingerprint density at radius 3 is 2.62 bits per heavy atom. The van der Waals surface area contributed by atoms with Crippen molar-refractivity contribution < 1.29 is 14.1 Å². The fourth-order valence-electron chi connectivity index (χ4n) is 1.61. The highest BCUT2D eigenvalue weighted by Gasteiger charge is 2.17. The van der Waals surface area contributed by atoms with Crippen LogP contribution in [0.4, 0.5) is 16.3 Å². The van der Waals surface area contributed by atoms with Gasteiger partial charge in [-0.3, -0.25) is 5.32 Å². The number of anilines is 2. The van der Waals surface area contributed by atoms with Gasteiger partial charge in [0.15, 0.2) is 11.6 Å². The first kappa shape index (κ1) is 15.2. The van der Waals surface area contributed by atoms with E-state index in [1.807, 2.05) is 0 Å². The molecule has 112 valence electrons. The number of amides is 1. The van der Waals surface area contributed by atoms with E-state index in [9.17, 15) is 4.79 Å². The molecular weight excluding hydrogens is 294 g/mol. The molecule has 3 N–H and O–H groups in total. The van der Waals surface area contributed by atoms with Crippen LogP contribution in [0.3, 0.4) is 0 Å². The maximum Gasteiger partial charge on any atom is 0.412 e. The number of aromatic nitrogens is 1. The van der Waals surface area contributed by atoms with Crippen LogP contribution in [0.2, 0.25) is 5.02 Å². The molecular formula is C14H16ClN3O3. The van der Waals surface area contributed by atoms with E-state index in [-0.39, 0.29) is 5.82 Å². The van der Waals surface area contributed by atoms with Crippen molar-refractivity contribution in [2.24, 2.45) is 0 Å². The summed E-state index contributed by atoms with van der Waals surface area (Å²) >= 11 is 6.14. The number of halogens is 1. The summed E-state index contributed by atoms with van der Waals surface area (Å²) in [7, 11) is 0. The number of nitrogens with one attached hydrogen (secondary N) is 1. The van der Waals surface area contributed by atoms with Gasteiger partial charge in [-0.15, -0.1) is 0 Å². The highest BCUT2D eigenvalue weighted by molar-refractivity contribution is 6.34. The Labute approximate surface area is 127 Å². The van der Waals surface area contributed by atoms with Gasteiger partial charge in [-0.05, 0) is 39.0 Å². The number of nitrogens with two attached hydrogens (primary N) is 1. The molecule has 0 radical (unpaired) electrons. The Hall–Kier alpha value is -2.21. The van der Waals surface area contributed by atoms with Crippen molar-refractivity contribution in [3.05, 3.63) is 29.3 Å². The lowest BCUT2D eigenvalue weighted by atomic mass is 10.1. The maximum absolute atomic E-state index is 11.7. The zero-order chi connectivity index (χ0) is 15.6. The molecule has 1 amide bonds. The van der Waals surface area contributed by atoms with Gasteiger partial charge in [0.25, 0.3) is 0 Å². The first-order chi connectivity index (χ1) is 9.74. The number of nitrogen functional groups attached to an aromatic ring is 1. The number of nitrogens with zero attached hydrogens (tertiary/aromatic N) is 1. The van der Waals surface area contributed by atoms with Gasteiger partial charge in [0.2, 0.25) is 0 Å². The van der Waals surface area contributed by atoms with Crippen molar-refractivity contribution in [2.75, 3.05) is 11.1 Å². The van der Waals surface area contributed by atoms with Gasteiger partial charge in [-0.2, -0.15) is 0 Å². The van der Waals surface area contributed by atoms with Crippen LogP contribution in [0.1, 0.15) is 20.8 Å². The minimum atomic E-state index is -0.576. The van der Waals surface area contributed by atoms with Gasteiger partial charge in [0.05, 0.1) is 10.7 Å². The van der Waals surface area contributed by atoms with E-state index in [4.69, 9.17) is 26.6 Å². The van der Waals surface area contributed by atoms with Crippen LogP contribution in [-0.4, -0.2) is 16.9 Å². The monoisotopic (exact) mass is 309 g/mol. The van der Waals surface area contributed by atoms with Crippen LogP contribution >= 0.6 is 11.6 Å². The van der Waals surface area contributed by atoms with Crippen LogP contribution in [0.5, 0.6) is 0 Å². The molecule has 21 heavy (non-hydrogen) atoms. The SMILES string of the molecule is CC(C)(C)OC(=O)Nc1ccc(-c2cc(N)no2)cc1Cl. The molecule has 0 saturated carbocycles. The molecule has 1 aromatic heterocycles. The van der Waals surface area contributed by atoms with Gasteiger partial charge >= 0.3 is 6.09 Å². The zero-order valence-electron chi connectivity index (χ0n) is 11.9. The predicted molar refractivity (Wildman–Crippen MR) is 81.2 cm³/mol.